The Morgan fingerprint density at radius 2 is 1.89 bits per heavy atom. The van der Waals surface area contributed by atoms with Crippen LogP contribution in [0.1, 0.15) is 25.3 Å². The van der Waals surface area contributed by atoms with Crippen molar-refractivity contribution in [2.75, 3.05) is 19.0 Å². The molecule has 148 valence electrons. The molecule has 1 aromatic carbocycles. The van der Waals surface area contributed by atoms with E-state index in [1.807, 2.05) is 30.3 Å². The first-order valence-electron chi connectivity index (χ1n) is 8.51. The van der Waals surface area contributed by atoms with E-state index < -0.39 is 12.1 Å². The number of amides is 4. The molecule has 0 bridgehead atoms. The van der Waals surface area contributed by atoms with Crippen LogP contribution >= 0.6 is 11.6 Å². The fourth-order valence-corrected chi connectivity index (χ4v) is 2.43. The molecule has 0 aliphatic carbocycles. The first-order valence-corrected chi connectivity index (χ1v) is 9.04. The van der Waals surface area contributed by atoms with E-state index in [2.05, 4.69) is 21.2 Å². The molecule has 0 saturated carbocycles. The minimum absolute atomic E-state index is 0.00724. The van der Waals surface area contributed by atoms with E-state index >= 15 is 0 Å². The van der Waals surface area contributed by atoms with E-state index in [0.717, 1.165) is 5.56 Å². The Morgan fingerprint density at radius 3 is 2.48 bits per heavy atom. The molecule has 1 atom stereocenters. The van der Waals surface area contributed by atoms with E-state index in [1.165, 1.54) is 6.92 Å². The maximum Gasteiger partial charge on any atom is 0.340 e. The molecule has 1 aromatic rings. The van der Waals surface area contributed by atoms with Gasteiger partial charge in [0.25, 0.3) is 0 Å². The van der Waals surface area contributed by atoms with Gasteiger partial charge < -0.3 is 16.0 Å². The highest BCUT2D eigenvalue weighted by molar-refractivity contribution is 6.18. The van der Waals surface area contributed by atoms with Gasteiger partial charge in [-0.05, 0) is 18.4 Å². The molecule has 0 saturated heterocycles. The lowest BCUT2D eigenvalue weighted by Gasteiger charge is -2.18. The second-order valence-electron chi connectivity index (χ2n) is 5.72. The number of hydrogen-bond donors (Lipinski definition) is 3. The number of carbonyl (C=O) groups is 3. The summed E-state index contributed by atoms with van der Waals surface area (Å²) in [7, 11) is 0. The molecule has 0 spiro atoms. The molecule has 0 aliphatic heterocycles. The van der Waals surface area contributed by atoms with Crippen molar-refractivity contribution < 1.29 is 14.4 Å². The number of halogens is 1. The molecule has 0 aromatic heterocycles. The first-order chi connectivity index (χ1) is 13.0. The zero-order valence-corrected chi connectivity index (χ0v) is 15.9. The minimum Gasteiger partial charge on any atom is -0.350 e. The van der Waals surface area contributed by atoms with Crippen LogP contribution in [0.15, 0.2) is 35.6 Å². The van der Waals surface area contributed by atoms with Crippen LogP contribution in [0, 0.1) is 4.91 Å². The average molecular weight is 398 g/mol. The van der Waals surface area contributed by atoms with Crippen molar-refractivity contribution in [1.82, 2.24) is 21.0 Å². The van der Waals surface area contributed by atoms with Crippen LogP contribution in [0.5, 0.6) is 0 Å². The van der Waals surface area contributed by atoms with Crippen LogP contribution in [-0.2, 0) is 16.1 Å². The summed E-state index contributed by atoms with van der Waals surface area (Å²) in [5.41, 5.74) is 0.945. The summed E-state index contributed by atoms with van der Waals surface area (Å²) in [6, 6.07) is 8.03. The molecule has 0 radical (unpaired) electrons. The maximum absolute atomic E-state index is 12.3. The average Bonchev–Trinajstić information content (AvgIpc) is 2.66. The van der Waals surface area contributed by atoms with Gasteiger partial charge in [0.15, 0.2) is 0 Å². The second kappa shape index (κ2) is 12.6. The van der Waals surface area contributed by atoms with Gasteiger partial charge >= 0.3 is 6.03 Å². The number of hydrogen-bond acceptors (Lipinski definition) is 5. The molecular weight excluding hydrogens is 374 g/mol. The Hall–Kier alpha value is -2.68. The summed E-state index contributed by atoms with van der Waals surface area (Å²) < 4.78 is 0. The minimum atomic E-state index is -0.716. The fraction of sp³-hybridized carbons (Fsp3) is 0.471. The van der Waals surface area contributed by atoms with Crippen LogP contribution in [-0.4, -0.2) is 47.9 Å². The third-order valence-corrected chi connectivity index (χ3v) is 3.75. The van der Waals surface area contributed by atoms with Crippen molar-refractivity contribution in [3.63, 3.8) is 0 Å². The smallest absolute Gasteiger partial charge is 0.340 e. The number of rotatable bonds is 11. The quantitative estimate of drug-likeness (QED) is 0.227. The number of nitrogens with one attached hydrogen (secondary N) is 3. The topological polar surface area (TPSA) is 120 Å². The zero-order chi connectivity index (χ0) is 20.1. The summed E-state index contributed by atoms with van der Waals surface area (Å²) in [5.74, 6) is -0.540. The van der Waals surface area contributed by atoms with Gasteiger partial charge in [0.2, 0.25) is 11.8 Å². The number of nitrogens with zero attached hydrogens (tertiary/aromatic N) is 2. The van der Waals surface area contributed by atoms with Gasteiger partial charge in [0, 0.05) is 25.9 Å². The molecule has 0 heterocycles. The third-order valence-electron chi connectivity index (χ3n) is 3.58. The predicted octanol–water partition coefficient (Wildman–Crippen LogP) is 1.52. The highest BCUT2D eigenvalue weighted by atomic mass is 35.5. The van der Waals surface area contributed by atoms with Gasteiger partial charge in [-0.15, -0.1) is 16.5 Å². The molecule has 3 N–H and O–H groups in total. The van der Waals surface area contributed by atoms with Crippen molar-refractivity contribution in [3.05, 3.63) is 40.8 Å². The second-order valence-corrected chi connectivity index (χ2v) is 6.10. The first kappa shape index (κ1) is 22.4. The number of benzene rings is 1. The molecule has 4 amide bonds. The van der Waals surface area contributed by atoms with Gasteiger partial charge in [0.05, 0.1) is 11.8 Å². The highest BCUT2D eigenvalue weighted by Crippen LogP contribution is 2.01. The fourth-order valence-electron chi connectivity index (χ4n) is 2.27. The van der Waals surface area contributed by atoms with E-state index in [1.54, 1.807) is 0 Å². The molecule has 0 unspecified atom stereocenters. The molecular formula is C17H24ClN5O4. The lowest BCUT2D eigenvalue weighted by atomic mass is 10.1. The van der Waals surface area contributed by atoms with E-state index in [4.69, 9.17) is 11.6 Å². The van der Waals surface area contributed by atoms with Crippen LogP contribution in [0.2, 0.25) is 0 Å². The summed E-state index contributed by atoms with van der Waals surface area (Å²) in [6.45, 7) is 1.91. The van der Waals surface area contributed by atoms with Crippen molar-refractivity contribution >= 4 is 29.4 Å². The van der Waals surface area contributed by atoms with Crippen LogP contribution < -0.4 is 16.0 Å². The molecule has 9 nitrogen and oxygen atoms in total. The van der Waals surface area contributed by atoms with E-state index in [0.29, 0.717) is 24.4 Å². The van der Waals surface area contributed by atoms with Crippen molar-refractivity contribution in [2.45, 2.75) is 32.4 Å². The van der Waals surface area contributed by atoms with Gasteiger partial charge in [-0.3, -0.25) is 9.59 Å². The maximum atomic E-state index is 12.3. The molecule has 1 rings (SSSR count). The highest BCUT2D eigenvalue weighted by Gasteiger charge is 2.19. The summed E-state index contributed by atoms with van der Waals surface area (Å²) in [5, 5.41) is 11.2. The Kier molecular flexibility index (Phi) is 10.5. The zero-order valence-electron chi connectivity index (χ0n) is 15.1. The Bertz CT molecular complexity index is 629. The van der Waals surface area contributed by atoms with Gasteiger partial charge in [-0.2, -0.15) is 5.01 Å². The molecule has 10 heteroatoms. The Balaban J connectivity index is 2.44. The Morgan fingerprint density at radius 1 is 1.19 bits per heavy atom. The van der Waals surface area contributed by atoms with Gasteiger partial charge in [0.1, 0.15) is 6.04 Å². The predicted molar refractivity (Wildman–Crippen MR) is 102 cm³/mol. The van der Waals surface area contributed by atoms with Crippen molar-refractivity contribution in [1.29, 1.82) is 0 Å². The van der Waals surface area contributed by atoms with Crippen molar-refractivity contribution in [3.8, 4) is 0 Å². The standard InChI is InChI=1S/C17H24ClN5O4/c1-13(24)21-15(16(25)20-12-14-6-3-2-4-7-14)8-5-10-19-17(26)23(22-27)11-9-18/h2-4,6-7,15H,5,8-12H2,1H3,(H,19,26)(H,20,25)(H,21,24)/t15-/m1/s1. The normalized spacial score (nSPS) is 11.2. The summed E-state index contributed by atoms with van der Waals surface area (Å²) in [4.78, 5) is 45.9. The summed E-state index contributed by atoms with van der Waals surface area (Å²) >= 11 is 5.47. The number of carbonyl (C=O) groups excluding carboxylic acids is 3. The number of urea groups is 1. The van der Waals surface area contributed by atoms with Crippen molar-refractivity contribution in [2.24, 2.45) is 5.29 Å². The molecule has 0 aliphatic rings. The largest absolute Gasteiger partial charge is 0.350 e. The lowest BCUT2D eigenvalue weighted by molar-refractivity contribution is -0.128. The van der Waals surface area contributed by atoms with Crippen LogP contribution in [0.3, 0.4) is 0 Å². The number of alkyl halides is 1. The van der Waals surface area contributed by atoms with Crippen LogP contribution in [0.25, 0.3) is 0 Å². The monoisotopic (exact) mass is 397 g/mol. The Labute approximate surface area is 162 Å². The third kappa shape index (κ3) is 9.00. The van der Waals surface area contributed by atoms with Gasteiger partial charge in [-0.25, -0.2) is 4.79 Å². The molecule has 0 fully saturated rings. The molecule has 27 heavy (non-hydrogen) atoms. The van der Waals surface area contributed by atoms with E-state index in [-0.39, 0.29) is 30.8 Å². The summed E-state index contributed by atoms with van der Waals surface area (Å²) in [6.07, 6.45) is 0.744. The van der Waals surface area contributed by atoms with Crippen LogP contribution in [0.4, 0.5) is 4.79 Å². The number of nitroso groups, excluding NO2 is 1. The van der Waals surface area contributed by atoms with E-state index in [9.17, 15) is 19.3 Å². The lowest BCUT2D eigenvalue weighted by Crippen LogP contribution is -2.46. The SMILES string of the molecule is CC(=O)N[C@H](CCCNC(=O)N(CCCl)N=O)C(=O)NCc1ccccc1. The van der Waals surface area contributed by atoms with Gasteiger partial charge in [-0.1, -0.05) is 30.3 Å².